The topological polar surface area (TPSA) is 49.3 Å². The molecule has 0 spiro atoms. The number of hydrogen-bond donors (Lipinski definition) is 2. The first-order chi connectivity index (χ1) is 6.54. The van der Waals surface area contributed by atoms with E-state index < -0.39 is 12.0 Å². The Bertz CT molecular complexity index is 337. The van der Waals surface area contributed by atoms with E-state index in [1.165, 1.54) is 0 Å². The summed E-state index contributed by atoms with van der Waals surface area (Å²) in [6.07, 6.45) is 0. The second-order valence-electron chi connectivity index (χ2n) is 2.76. The van der Waals surface area contributed by atoms with Crippen LogP contribution >= 0.6 is 35.6 Å². The van der Waals surface area contributed by atoms with E-state index in [0.29, 0.717) is 15.6 Å². The molecule has 1 aromatic carbocycles. The minimum absolute atomic E-state index is 0. The molecule has 0 saturated heterocycles. The van der Waals surface area contributed by atoms with Crippen molar-refractivity contribution in [2.75, 3.05) is 7.05 Å². The smallest absolute Gasteiger partial charge is 0.325 e. The van der Waals surface area contributed by atoms with E-state index in [0.717, 1.165) is 0 Å². The molecule has 0 fully saturated rings. The number of carboxylic acids is 1. The maximum Gasteiger partial charge on any atom is 0.325 e. The lowest BCUT2D eigenvalue weighted by Gasteiger charge is -2.11. The molecule has 0 aliphatic heterocycles. The number of likely N-dealkylation sites (N-methyl/N-ethyl adjacent to an activating group) is 1. The molecule has 0 aromatic heterocycles. The van der Waals surface area contributed by atoms with E-state index in [1.54, 1.807) is 25.2 Å². The van der Waals surface area contributed by atoms with Crippen LogP contribution in [0.3, 0.4) is 0 Å². The van der Waals surface area contributed by atoms with E-state index in [-0.39, 0.29) is 12.4 Å². The van der Waals surface area contributed by atoms with Crippen LogP contribution in [0.1, 0.15) is 11.6 Å². The fourth-order valence-corrected chi connectivity index (χ4v) is 1.72. The molecule has 1 atom stereocenters. The molecule has 2 N–H and O–H groups in total. The zero-order chi connectivity index (χ0) is 10.7. The number of carbonyl (C=O) groups is 1. The first-order valence-electron chi connectivity index (χ1n) is 3.90. The van der Waals surface area contributed by atoms with Crippen molar-refractivity contribution in [3.63, 3.8) is 0 Å². The average Bonchev–Trinajstić information content (AvgIpc) is 2.02. The molecule has 0 aliphatic rings. The zero-order valence-electron chi connectivity index (χ0n) is 7.83. The van der Waals surface area contributed by atoms with Gasteiger partial charge in [0.15, 0.2) is 0 Å². The molecular weight excluding hydrogens is 260 g/mol. The molecule has 0 aliphatic carbocycles. The monoisotopic (exact) mass is 269 g/mol. The second-order valence-corrected chi connectivity index (χ2v) is 3.64. The lowest BCUT2D eigenvalue weighted by Crippen LogP contribution is -2.24. The molecule has 0 saturated carbocycles. The molecule has 84 valence electrons. The molecule has 0 heterocycles. The van der Waals surface area contributed by atoms with E-state index in [2.05, 4.69) is 5.32 Å². The van der Waals surface area contributed by atoms with Gasteiger partial charge in [-0.1, -0.05) is 23.2 Å². The SMILES string of the molecule is CNC(C(=O)O)c1cc(Cl)cc(Cl)c1.Cl. The summed E-state index contributed by atoms with van der Waals surface area (Å²) in [5, 5.41) is 12.4. The second kappa shape index (κ2) is 6.18. The minimum atomic E-state index is -0.967. The van der Waals surface area contributed by atoms with Crippen molar-refractivity contribution < 1.29 is 9.90 Å². The summed E-state index contributed by atoms with van der Waals surface area (Å²) in [5.41, 5.74) is 0.539. The van der Waals surface area contributed by atoms with Crippen LogP contribution < -0.4 is 5.32 Å². The molecule has 6 heteroatoms. The van der Waals surface area contributed by atoms with Crippen LogP contribution in [-0.2, 0) is 4.79 Å². The summed E-state index contributed by atoms with van der Waals surface area (Å²) < 4.78 is 0. The van der Waals surface area contributed by atoms with E-state index in [4.69, 9.17) is 28.3 Å². The van der Waals surface area contributed by atoms with Gasteiger partial charge in [0.1, 0.15) is 6.04 Å². The summed E-state index contributed by atoms with van der Waals surface area (Å²) >= 11 is 11.5. The average molecular weight is 271 g/mol. The highest BCUT2D eigenvalue weighted by Crippen LogP contribution is 2.23. The van der Waals surface area contributed by atoms with E-state index in [9.17, 15) is 4.79 Å². The third kappa shape index (κ3) is 3.87. The number of rotatable bonds is 3. The highest BCUT2D eigenvalue weighted by molar-refractivity contribution is 6.34. The molecule has 1 unspecified atom stereocenters. The van der Waals surface area contributed by atoms with Crippen LogP contribution in [0.15, 0.2) is 18.2 Å². The van der Waals surface area contributed by atoms with Crippen molar-refractivity contribution in [1.29, 1.82) is 0 Å². The van der Waals surface area contributed by atoms with Crippen LogP contribution in [-0.4, -0.2) is 18.1 Å². The molecule has 0 bridgehead atoms. The van der Waals surface area contributed by atoms with Crippen LogP contribution in [0.25, 0.3) is 0 Å². The summed E-state index contributed by atoms with van der Waals surface area (Å²) in [6.45, 7) is 0. The number of carboxylic acid groups (broad SMARTS) is 1. The zero-order valence-corrected chi connectivity index (χ0v) is 10.2. The predicted molar refractivity (Wildman–Crippen MR) is 63.1 cm³/mol. The molecular formula is C9H10Cl3NO2. The van der Waals surface area contributed by atoms with Gasteiger partial charge in [0.2, 0.25) is 0 Å². The van der Waals surface area contributed by atoms with Gasteiger partial charge in [-0.25, -0.2) is 0 Å². The molecule has 0 amide bonds. The van der Waals surface area contributed by atoms with Crippen molar-refractivity contribution in [2.45, 2.75) is 6.04 Å². The van der Waals surface area contributed by atoms with Crippen LogP contribution in [0.2, 0.25) is 10.0 Å². The summed E-state index contributed by atoms with van der Waals surface area (Å²) in [6, 6.07) is 3.92. The van der Waals surface area contributed by atoms with Gasteiger partial charge in [-0.2, -0.15) is 0 Å². The summed E-state index contributed by atoms with van der Waals surface area (Å²) in [5.74, 6) is -0.967. The summed E-state index contributed by atoms with van der Waals surface area (Å²) in [7, 11) is 1.56. The molecule has 1 rings (SSSR count). The standard InChI is InChI=1S/C9H9Cl2NO2.ClH/c1-12-8(9(13)14)5-2-6(10)4-7(11)3-5;/h2-4,8,12H,1H3,(H,13,14);1H. The number of aliphatic carboxylic acids is 1. The third-order valence-electron chi connectivity index (χ3n) is 1.75. The van der Waals surface area contributed by atoms with E-state index in [1.807, 2.05) is 0 Å². The van der Waals surface area contributed by atoms with Gasteiger partial charge in [-0.3, -0.25) is 4.79 Å². The van der Waals surface area contributed by atoms with Gasteiger partial charge < -0.3 is 10.4 Å². The Labute approximate surface area is 104 Å². The Hall–Kier alpha value is -0.480. The number of halogens is 3. The lowest BCUT2D eigenvalue weighted by atomic mass is 10.1. The Morgan fingerprint density at radius 1 is 1.33 bits per heavy atom. The Kier molecular flexibility index (Phi) is 5.98. The van der Waals surface area contributed by atoms with Crippen LogP contribution in [0.4, 0.5) is 0 Å². The molecule has 3 nitrogen and oxygen atoms in total. The summed E-state index contributed by atoms with van der Waals surface area (Å²) in [4.78, 5) is 10.8. The van der Waals surface area contributed by atoms with Crippen molar-refractivity contribution in [2.24, 2.45) is 0 Å². The maximum atomic E-state index is 10.8. The van der Waals surface area contributed by atoms with Crippen molar-refractivity contribution in [3.05, 3.63) is 33.8 Å². The minimum Gasteiger partial charge on any atom is -0.480 e. The van der Waals surface area contributed by atoms with Gasteiger partial charge in [0.25, 0.3) is 0 Å². The quantitative estimate of drug-likeness (QED) is 0.888. The van der Waals surface area contributed by atoms with Gasteiger partial charge in [0.05, 0.1) is 0 Å². The van der Waals surface area contributed by atoms with Gasteiger partial charge >= 0.3 is 5.97 Å². The first-order valence-corrected chi connectivity index (χ1v) is 4.66. The normalized spacial score (nSPS) is 11.7. The largest absolute Gasteiger partial charge is 0.480 e. The predicted octanol–water partition coefficient (Wildman–Crippen LogP) is 2.76. The maximum absolute atomic E-state index is 10.8. The molecule has 1 aromatic rings. The first kappa shape index (κ1) is 14.5. The molecule has 15 heavy (non-hydrogen) atoms. The number of benzene rings is 1. The Morgan fingerprint density at radius 3 is 2.13 bits per heavy atom. The van der Waals surface area contributed by atoms with Crippen molar-refractivity contribution >= 4 is 41.6 Å². The van der Waals surface area contributed by atoms with Crippen LogP contribution in [0.5, 0.6) is 0 Å². The Morgan fingerprint density at radius 2 is 1.80 bits per heavy atom. The fraction of sp³-hybridized carbons (Fsp3) is 0.222. The third-order valence-corrected chi connectivity index (χ3v) is 2.19. The van der Waals surface area contributed by atoms with Crippen molar-refractivity contribution in [3.8, 4) is 0 Å². The van der Waals surface area contributed by atoms with Crippen molar-refractivity contribution in [1.82, 2.24) is 5.32 Å². The highest BCUT2D eigenvalue weighted by Gasteiger charge is 2.17. The van der Waals surface area contributed by atoms with Crippen LogP contribution in [0, 0.1) is 0 Å². The van der Waals surface area contributed by atoms with Gasteiger partial charge in [0, 0.05) is 10.0 Å². The number of nitrogens with one attached hydrogen (secondary N) is 1. The number of hydrogen-bond acceptors (Lipinski definition) is 2. The molecule has 0 radical (unpaired) electrons. The highest BCUT2D eigenvalue weighted by atomic mass is 35.5. The van der Waals surface area contributed by atoms with Gasteiger partial charge in [-0.05, 0) is 30.8 Å². The van der Waals surface area contributed by atoms with E-state index >= 15 is 0 Å². The lowest BCUT2D eigenvalue weighted by molar-refractivity contribution is -0.139. The fourth-order valence-electron chi connectivity index (χ4n) is 1.17. The Balaban J connectivity index is 0.00000196. The van der Waals surface area contributed by atoms with Gasteiger partial charge in [-0.15, -0.1) is 12.4 Å².